The maximum atomic E-state index is 12.0. The second kappa shape index (κ2) is 8.72. The van der Waals surface area contributed by atoms with Gasteiger partial charge in [0.25, 0.3) is 0 Å². The Morgan fingerprint density at radius 1 is 1.12 bits per heavy atom. The summed E-state index contributed by atoms with van der Waals surface area (Å²) in [4.78, 5) is 16.5. The van der Waals surface area contributed by atoms with Crippen molar-refractivity contribution in [1.29, 1.82) is 0 Å². The third kappa shape index (κ3) is 4.99. The molecule has 0 saturated carbocycles. The molecule has 0 aliphatic rings. The van der Waals surface area contributed by atoms with Crippen LogP contribution in [0.25, 0.3) is 10.9 Å². The molecule has 0 fully saturated rings. The van der Waals surface area contributed by atoms with Gasteiger partial charge >= 0.3 is 0 Å². The van der Waals surface area contributed by atoms with E-state index >= 15 is 0 Å². The van der Waals surface area contributed by atoms with E-state index in [4.69, 9.17) is 4.74 Å². The van der Waals surface area contributed by atoms with Crippen molar-refractivity contribution in [2.45, 2.75) is 18.9 Å². The van der Waals surface area contributed by atoms with Crippen LogP contribution in [0.2, 0.25) is 0 Å². The third-order valence-electron chi connectivity index (χ3n) is 3.94. The van der Waals surface area contributed by atoms with E-state index < -0.39 is 0 Å². The molecule has 0 aliphatic heterocycles. The Balaban J connectivity index is 1.41. The van der Waals surface area contributed by atoms with Crippen LogP contribution in [0, 0.1) is 13.8 Å². The number of carbonyl (C=O) groups is 1. The summed E-state index contributed by atoms with van der Waals surface area (Å²) < 4.78 is 5.72. The fourth-order valence-corrected chi connectivity index (χ4v) is 3.34. The number of hydrogen-bond acceptors (Lipinski definition) is 4. The van der Waals surface area contributed by atoms with Crippen LogP contribution in [0.1, 0.15) is 11.1 Å². The van der Waals surface area contributed by atoms with Crippen molar-refractivity contribution in [3.63, 3.8) is 0 Å². The Morgan fingerprint density at radius 2 is 1.96 bits per heavy atom. The molecule has 0 spiro atoms. The first-order valence-electron chi connectivity index (χ1n) is 8.57. The molecular formula is C21H22N2O2S. The summed E-state index contributed by atoms with van der Waals surface area (Å²) in [5.74, 6) is 1.18. The van der Waals surface area contributed by atoms with E-state index in [0.29, 0.717) is 18.9 Å². The van der Waals surface area contributed by atoms with E-state index in [-0.39, 0.29) is 5.91 Å². The van der Waals surface area contributed by atoms with Crippen molar-refractivity contribution in [3.8, 4) is 5.75 Å². The maximum absolute atomic E-state index is 12.0. The number of carbonyl (C=O) groups excluding carboxylic acids is 1. The van der Waals surface area contributed by atoms with Crippen LogP contribution >= 0.6 is 11.8 Å². The first-order chi connectivity index (χ1) is 12.6. The molecule has 0 unspecified atom stereocenters. The third-order valence-corrected chi connectivity index (χ3v) is 4.87. The molecule has 0 atom stereocenters. The summed E-state index contributed by atoms with van der Waals surface area (Å²) in [6, 6.07) is 18.0. The van der Waals surface area contributed by atoms with Crippen LogP contribution < -0.4 is 10.1 Å². The fraction of sp³-hybridized carbons (Fsp3) is 0.238. The number of ether oxygens (including phenoxy) is 1. The molecule has 3 aromatic rings. The number of benzene rings is 2. The van der Waals surface area contributed by atoms with Gasteiger partial charge < -0.3 is 10.1 Å². The zero-order valence-corrected chi connectivity index (χ0v) is 15.8. The van der Waals surface area contributed by atoms with Crippen LogP contribution in [0.15, 0.2) is 59.6 Å². The molecule has 1 amide bonds. The summed E-state index contributed by atoms with van der Waals surface area (Å²) in [5.41, 5.74) is 3.26. The number of nitrogens with one attached hydrogen (secondary N) is 1. The summed E-state index contributed by atoms with van der Waals surface area (Å²) >= 11 is 1.44. The lowest BCUT2D eigenvalue weighted by atomic mass is 10.1. The van der Waals surface area contributed by atoms with Gasteiger partial charge in [-0.25, -0.2) is 4.98 Å². The zero-order valence-electron chi connectivity index (χ0n) is 15.0. The molecular weight excluding hydrogens is 344 g/mol. The van der Waals surface area contributed by atoms with Gasteiger partial charge in [0, 0.05) is 5.39 Å². The number of thioether (sulfide) groups is 1. The van der Waals surface area contributed by atoms with Crippen molar-refractivity contribution < 1.29 is 9.53 Å². The molecule has 1 N–H and O–H groups in total. The van der Waals surface area contributed by atoms with Gasteiger partial charge in [0.05, 0.1) is 22.8 Å². The molecule has 1 aromatic heterocycles. The Kier molecular flexibility index (Phi) is 6.12. The van der Waals surface area contributed by atoms with E-state index in [1.165, 1.54) is 17.3 Å². The van der Waals surface area contributed by atoms with Gasteiger partial charge in [-0.3, -0.25) is 4.79 Å². The Labute approximate surface area is 158 Å². The lowest BCUT2D eigenvalue weighted by molar-refractivity contribution is -0.118. The smallest absolute Gasteiger partial charge is 0.230 e. The highest BCUT2D eigenvalue weighted by Crippen LogP contribution is 2.20. The van der Waals surface area contributed by atoms with Crippen molar-refractivity contribution in [2.75, 3.05) is 18.9 Å². The molecule has 1 heterocycles. The molecule has 5 heteroatoms. The molecule has 4 nitrogen and oxygen atoms in total. The van der Waals surface area contributed by atoms with Crippen LogP contribution in [-0.2, 0) is 4.79 Å². The number of hydrogen-bond donors (Lipinski definition) is 1. The van der Waals surface area contributed by atoms with E-state index in [9.17, 15) is 4.79 Å². The molecule has 134 valence electrons. The summed E-state index contributed by atoms with van der Waals surface area (Å²) in [5, 5.41) is 4.83. The van der Waals surface area contributed by atoms with E-state index in [1.54, 1.807) is 0 Å². The van der Waals surface area contributed by atoms with Gasteiger partial charge in [-0.15, -0.1) is 0 Å². The van der Waals surface area contributed by atoms with Gasteiger partial charge in [-0.2, -0.15) is 0 Å². The number of amides is 1. The summed E-state index contributed by atoms with van der Waals surface area (Å²) in [7, 11) is 0. The maximum Gasteiger partial charge on any atom is 0.230 e. The van der Waals surface area contributed by atoms with Gasteiger partial charge in [-0.05, 0) is 37.6 Å². The predicted octanol–water partition coefficient (Wildman–Crippen LogP) is 4.14. The number of aromatic nitrogens is 1. The molecule has 0 aliphatic carbocycles. The Hall–Kier alpha value is -2.53. The molecule has 0 bridgehead atoms. The highest BCUT2D eigenvalue weighted by atomic mass is 32.2. The van der Waals surface area contributed by atoms with Crippen molar-refractivity contribution in [1.82, 2.24) is 10.3 Å². The minimum atomic E-state index is -0.0193. The van der Waals surface area contributed by atoms with Crippen LogP contribution in [0.3, 0.4) is 0 Å². The van der Waals surface area contributed by atoms with E-state index in [1.807, 2.05) is 55.5 Å². The molecule has 0 saturated heterocycles. The molecule has 2 aromatic carbocycles. The Morgan fingerprint density at radius 3 is 2.81 bits per heavy atom. The molecule has 3 rings (SSSR count). The van der Waals surface area contributed by atoms with E-state index in [2.05, 4.69) is 23.3 Å². The fourth-order valence-electron chi connectivity index (χ4n) is 2.63. The first-order valence-corrected chi connectivity index (χ1v) is 9.56. The number of nitrogens with zero attached hydrogens (tertiary/aromatic N) is 1. The van der Waals surface area contributed by atoms with Crippen molar-refractivity contribution >= 4 is 28.6 Å². The summed E-state index contributed by atoms with van der Waals surface area (Å²) in [6.07, 6.45) is 0. The Bertz CT molecular complexity index is 911. The quantitative estimate of drug-likeness (QED) is 0.504. The molecule has 26 heavy (non-hydrogen) atoms. The number of rotatable bonds is 7. The number of pyridine rings is 1. The number of fused-ring (bicyclic) bond motifs is 1. The van der Waals surface area contributed by atoms with Crippen LogP contribution in [-0.4, -0.2) is 29.8 Å². The average molecular weight is 366 g/mol. The van der Waals surface area contributed by atoms with Crippen molar-refractivity contribution in [2.24, 2.45) is 0 Å². The minimum absolute atomic E-state index is 0.0193. The highest BCUT2D eigenvalue weighted by Gasteiger charge is 2.05. The van der Waals surface area contributed by atoms with Gasteiger partial charge in [0.2, 0.25) is 5.91 Å². The van der Waals surface area contributed by atoms with Gasteiger partial charge in [0.15, 0.2) is 0 Å². The monoisotopic (exact) mass is 366 g/mol. The lowest BCUT2D eigenvalue weighted by Crippen LogP contribution is -2.29. The summed E-state index contributed by atoms with van der Waals surface area (Å²) in [6.45, 7) is 5.01. The number of aryl methyl sites for hydroxylation is 2. The normalized spacial score (nSPS) is 10.7. The van der Waals surface area contributed by atoms with Crippen LogP contribution in [0.5, 0.6) is 5.75 Å². The van der Waals surface area contributed by atoms with Gasteiger partial charge in [-0.1, -0.05) is 53.7 Å². The minimum Gasteiger partial charge on any atom is -0.491 e. The second-order valence-corrected chi connectivity index (χ2v) is 7.09. The zero-order chi connectivity index (χ0) is 18.4. The molecule has 0 radical (unpaired) electrons. The standard InChI is InChI=1S/C21H22N2O2S/c1-15-7-9-19(16(2)13-15)25-12-11-22-20(24)14-26-21-10-8-17-5-3-4-6-18(17)23-21/h3-10,13H,11-12,14H2,1-2H3,(H,22,24). The van der Waals surface area contributed by atoms with E-state index in [0.717, 1.165) is 27.2 Å². The predicted molar refractivity (Wildman–Crippen MR) is 107 cm³/mol. The van der Waals surface area contributed by atoms with Crippen LogP contribution in [0.4, 0.5) is 0 Å². The van der Waals surface area contributed by atoms with Crippen molar-refractivity contribution in [3.05, 3.63) is 65.7 Å². The van der Waals surface area contributed by atoms with Gasteiger partial charge in [0.1, 0.15) is 12.4 Å². The average Bonchev–Trinajstić information content (AvgIpc) is 2.65. The highest BCUT2D eigenvalue weighted by molar-refractivity contribution is 7.99. The topological polar surface area (TPSA) is 51.2 Å². The first kappa shape index (κ1) is 18.3. The second-order valence-electron chi connectivity index (χ2n) is 6.10. The largest absolute Gasteiger partial charge is 0.491 e. The number of para-hydroxylation sites is 1. The lowest BCUT2D eigenvalue weighted by Gasteiger charge is -2.10. The SMILES string of the molecule is Cc1ccc(OCCNC(=O)CSc2ccc3ccccc3n2)c(C)c1.